The van der Waals surface area contributed by atoms with Gasteiger partial charge < -0.3 is 16.4 Å². The predicted octanol–water partition coefficient (Wildman–Crippen LogP) is 1.68. The largest absolute Gasteiger partial charge is 0.382 e. The molecule has 1 fully saturated rings. The van der Waals surface area contributed by atoms with Crippen molar-refractivity contribution < 1.29 is 4.79 Å². The number of thiazole rings is 1. The Morgan fingerprint density at radius 2 is 2.24 bits per heavy atom. The van der Waals surface area contributed by atoms with Gasteiger partial charge in [0.1, 0.15) is 10.7 Å². The second kappa shape index (κ2) is 4.52. The van der Waals surface area contributed by atoms with Gasteiger partial charge in [-0.2, -0.15) is 0 Å². The van der Waals surface area contributed by atoms with Gasteiger partial charge in [0.2, 0.25) is 0 Å². The third-order valence-electron chi connectivity index (χ3n) is 2.70. The van der Waals surface area contributed by atoms with Crippen LogP contribution < -0.4 is 16.4 Å². The Hall–Kier alpha value is -1.30. The molecule has 1 aliphatic carbocycles. The van der Waals surface area contributed by atoms with Crippen molar-refractivity contribution in [3.63, 3.8) is 0 Å². The van der Waals surface area contributed by atoms with Crippen molar-refractivity contribution in [1.82, 2.24) is 10.3 Å². The van der Waals surface area contributed by atoms with E-state index in [1.54, 1.807) is 0 Å². The number of nitrogens with zero attached hydrogens (tertiary/aromatic N) is 1. The fourth-order valence-electron chi connectivity index (χ4n) is 1.56. The topological polar surface area (TPSA) is 80.0 Å². The number of nitrogens with one attached hydrogen (secondary N) is 2. The lowest BCUT2D eigenvalue weighted by atomic mass is 10.4. The first-order chi connectivity index (χ1) is 7.97. The van der Waals surface area contributed by atoms with Crippen molar-refractivity contribution in [3.8, 4) is 0 Å². The lowest BCUT2D eigenvalue weighted by molar-refractivity contribution is 0.0954. The molecule has 0 aromatic carbocycles. The quantitative estimate of drug-likeness (QED) is 0.763. The Morgan fingerprint density at radius 1 is 1.59 bits per heavy atom. The van der Waals surface area contributed by atoms with Crippen LogP contribution in [0.2, 0.25) is 0 Å². The summed E-state index contributed by atoms with van der Waals surface area (Å²) in [6.07, 6.45) is 1.06. The fourth-order valence-corrected chi connectivity index (χ4v) is 2.49. The maximum Gasteiger partial charge on any atom is 0.265 e. The van der Waals surface area contributed by atoms with Gasteiger partial charge in [-0.3, -0.25) is 4.79 Å². The molecule has 0 radical (unpaired) electrons. The van der Waals surface area contributed by atoms with Crippen LogP contribution in [0.4, 0.5) is 10.9 Å². The minimum absolute atomic E-state index is 0.105. The van der Waals surface area contributed by atoms with E-state index >= 15 is 0 Å². The van der Waals surface area contributed by atoms with Gasteiger partial charge in [-0.1, -0.05) is 18.3 Å². The van der Waals surface area contributed by atoms with E-state index in [2.05, 4.69) is 22.5 Å². The number of hydrogen-bond donors (Lipinski definition) is 3. The molecule has 0 saturated heterocycles. The maximum absolute atomic E-state index is 11.9. The number of anilines is 2. The fraction of sp³-hybridized carbons (Fsp3) is 0.636. The molecule has 1 aromatic heterocycles. The summed E-state index contributed by atoms with van der Waals surface area (Å²) in [5.41, 5.74) is 5.75. The van der Waals surface area contributed by atoms with Crippen LogP contribution in [0.5, 0.6) is 0 Å². The van der Waals surface area contributed by atoms with Crippen LogP contribution in [0.15, 0.2) is 0 Å². The Kier molecular flexibility index (Phi) is 3.24. The molecular formula is C11H18N4OS. The number of carbonyl (C=O) groups is 1. The summed E-state index contributed by atoms with van der Waals surface area (Å²) in [7, 11) is 0. The Balaban J connectivity index is 2.04. The smallest absolute Gasteiger partial charge is 0.265 e. The standard InChI is InChI=1S/C11H18N4OS/c1-5(2)13-11-15-9(12)8(17-11)10(16)14-7-4-6(7)3/h5-7H,4,12H2,1-3H3,(H,13,15)(H,14,16). The van der Waals surface area contributed by atoms with Crippen LogP contribution in [-0.2, 0) is 0 Å². The number of carbonyl (C=O) groups excluding carboxylic acids is 1. The van der Waals surface area contributed by atoms with Gasteiger partial charge in [0.15, 0.2) is 5.13 Å². The Bertz CT molecular complexity index is 429. The molecule has 0 spiro atoms. The zero-order valence-corrected chi connectivity index (χ0v) is 11.1. The predicted molar refractivity (Wildman–Crippen MR) is 70.3 cm³/mol. The first-order valence-corrected chi connectivity index (χ1v) is 6.62. The van der Waals surface area contributed by atoms with Crippen LogP contribution in [0, 0.1) is 5.92 Å². The van der Waals surface area contributed by atoms with Crippen LogP contribution >= 0.6 is 11.3 Å². The van der Waals surface area contributed by atoms with Gasteiger partial charge in [0.05, 0.1) is 0 Å². The minimum Gasteiger partial charge on any atom is -0.382 e. The van der Waals surface area contributed by atoms with Gasteiger partial charge in [-0.15, -0.1) is 0 Å². The highest BCUT2D eigenvalue weighted by molar-refractivity contribution is 7.18. The van der Waals surface area contributed by atoms with E-state index in [4.69, 9.17) is 5.73 Å². The van der Waals surface area contributed by atoms with Gasteiger partial charge >= 0.3 is 0 Å². The van der Waals surface area contributed by atoms with Crippen molar-refractivity contribution >= 4 is 28.2 Å². The summed E-state index contributed by atoms with van der Waals surface area (Å²) < 4.78 is 0. The third kappa shape index (κ3) is 2.88. The summed E-state index contributed by atoms with van der Waals surface area (Å²) in [6.45, 7) is 6.15. The van der Waals surface area contributed by atoms with E-state index in [-0.39, 0.29) is 11.9 Å². The van der Waals surface area contributed by atoms with Crippen molar-refractivity contribution in [2.24, 2.45) is 5.92 Å². The first kappa shape index (κ1) is 12.2. The van der Waals surface area contributed by atoms with E-state index in [9.17, 15) is 4.79 Å². The number of hydrogen-bond acceptors (Lipinski definition) is 5. The van der Waals surface area contributed by atoms with Crippen molar-refractivity contribution in [2.75, 3.05) is 11.1 Å². The van der Waals surface area contributed by atoms with Gasteiger partial charge in [-0.05, 0) is 26.2 Å². The van der Waals surface area contributed by atoms with Crippen LogP contribution in [-0.4, -0.2) is 23.0 Å². The zero-order chi connectivity index (χ0) is 12.6. The van der Waals surface area contributed by atoms with E-state index < -0.39 is 0 Å². The highest BCUT2D eigenvalue weighted by Crippen LogP contribution is 2.31. The molecule has 0 bridgehead atoms. The normalized spacial score (nSPS) is 22.6. The lowest BCUT2D eigenvalue weighted by Crippen LogP contribution is -2.26. The summed E-state index contributed by atoms with van der Waals surface area (Å²) in [6, 6.07) is 0.588. The number of rotatable bonds is 4. The second-order valence-corrected chi connectivity index (χ2v) is 5.82. The average Bonchev–Trinajstić information content (AvgIpc) is 2.75. The Labute approximate surface area is 105 Å². The summed E-state index contributed by atoms with van der Waals surface area (Å²) in [5.74, 6) is 0.788. The summed E-state index contributed by atoms with van der Waals surface area (Å²) in [5, 5.41) is 6.80. The van der Waals surface area contributed by atoms with Crippen LogP contribution in [0.3, 0.4) is 0 Å². The average molecular weight is 254 g/mol. The molecule has 1 saturated carbocycles. The third-order valence-corrected chi connectivity index (χ3v) is 3.70. The van der Waals surface area contributed by atoms with Gasteiger partial charge in [0, 0.05) is 12.1 Å². The first-order valence-electron chi connectivity index (χ1n) is 5.81. The maximum atomic E-state index is 11.9. The molecule has 6 heteroatoms. The van der Waals surface area contributed by atoms with E-state index in [1.807, 2.05) is 13.8 Å². The minimum atomic E-state index is -0.105. The van der Waals surface area contributed by atoms with Crippen molar-refractivity contribution in [2.45, 2.75) is 39.3 Å². The SMILES string of the molecule is CC(C)Nc1nc(N)c(C(=O)NC2CC2C)s1. The molecule has 2 unspecified atom stereocenters. The highest BCUT2D eigenvalue weighted by atomic mass is 32.1. The number of nitrogen functional groups attached to an aromatic ring is 1. The monoisotopic (exact) mass is 254 g/mol. The van der Waals surface area contributed by atoms with Crippen molar-refractivity contribution in [1.29, 1.82) is 0 Å². The summed E-state index contributed by atoms with van der Waals surface area (Å²) in [4.78, 5) is 16.6. The van der Waals surface area contributed by atoms with E-state index in [0.29, 0.717) is 27.8 Å². The molecule has 4 N–H and O–H groups in total. The second-order valence-electron chi connectivity index (χ2n) is 4.83. The molecule has 1 heterocycles. The molecule has 17 heavy (non-hydrogen) atoms. The number of aromatic nitrogens is 1. The molecule has 1 aliphatic rings. The highest BCUT2D eigenvalue weighted by Gasteiger charge is 2.34. The van der Waals surface area contributed by atoms with Crippen molar-refractivity contribution in [3.05, 3.63) is 4.88 Å². The molecular weight excluding hydrogens is 236 g/mol. The van der Waals surface area contributed by atoms with Crippen LogP contribution in [0.1, 0.15) is 36.9 Å². The molecule has 2 atom stereocenters. The molecule has 0 aliphatic heterocycles. The molecule has 94 valence electrons. The lowest BCUT2D eigenvalue weighted by Gasteiger charge is -2.04. The molecule has 1 aromatic rings. The number of amides is 1. The zero-order valence-electron chi connectivity index (χ0n) is 10.3. The number of nitrogens with two attached hydrogens (primary N) is 1. The van der Waals surface area contributed by atoms with Gasteiger partial charge in [-0.25, -0.2) is 4.98 Å². The Morgan fingerprint density at radius 3 is 2.76 bits per heavy atom. The molecule has 5 nitrogen and oxygen atoms in total. The molecule has 2 rings (SSSR count). The van der Waals surface area contributed by atoms with E-state index in [1.165, 1.54) is 11.3 Å². The van der Waals surface area contributed by atoms with E-state index in [0.717, 1.165) is 6.42 Å². The van der Waals surface area contributed by atoms with Gasteiger partial charge in [0.25, 0.3) is 5.91 Å². The van der Waals surface area contributed by atoms with Crippen LogP contribution in [0.25, 0.3) is 0 Å². The molecule has 1 amide bonds. The summed E-state index contributed by atoms with van der Waals surface area (Å²) >= 11 is 1.31.